The number of nitrogens with zero attached hydrogens (tertiary/aromatic N) is 1. The van der Waals surface area contributed by atoms with E-state index in [1.807, 2.05) is 36.4 Å². The fraction of sp³-hybridized carbons (Fsp3) is 0.381. The molecule has 22 heavy (non-hydrogen) atoms. The van der Waals surface area contributed by atoms with Crippen LogP contribution in [0.15, 0.2) is 60.7 Å². The van der Waals surface area contributed by atoms with Crippen LogP contribution in [-0.4, -0.2) is 0 Å². The second-order valence-corrected chi connectivity index (χ2v) is 5.91. The maximum absolute atomic E-state index is 10.0. The molecule has 2 aromatic rings. The summed E-state index contributed by atoms with van der Waals surface area (Å²) in [5, 5.41) is 10.0. The van der Waals surface area contributed by atoms with Crippen molar-refractivity contribution >= 4 is 0 Å². The van der Waals surface area contributed by atoms with Gasteiger partial charge in [-0.25, -0.2) is 0 Å². The average Bonchev–Trinajstić information content (AvgIpc) is 2.60. The number of benzene rings is 2. The van der Waals surface area contributed by atoms with E-state index in [1.165, 1.54) is 25.7 Å². The Morgan fingerprint density at radius 1 is 0.773 bits per heavy atom. The molecule has 0 aromatic heterocycles. The van der Waals surface area contributed by atoms with E-state index in [1.54, 1.807) is 0 Å². The molecule has 0 radical (unpaired) electrons. The minimum absolute atomic E-state index is 0.519. The van der Waals surface area contributed by atoms with Crippen LogP contribution in [0.5, 0.6) is 0 Å². The summed E-state index contributed by atoms with van der Waals surface area (Å²) in [6, 6.07) is 23.1. The Balaban J connectivity index is 2.26. The zero-order chi connectivity index (χ0) is 15.7. The van der Waals surface area contributed by atoms with E-state index in [0.29, 0.717) is 0 Å². The molecule has 0 N–H and O–H groups in total. The van der Waals surface area contributed by atoms with Crippen LogP contribution in [-0.2, 0) is 5.41 Å². The van der Waals surface area contributed by atoms with E-state index in [2.05, 4.69) is 37.3 Å². The fourth-order valence-corrected chi connectivity index (χ4v) is 3.08. The standard InChI is InChI=1S/C21H25N/c1-2-3-4-5-12-17-21(18-22,19-13-8-6-9-14-19)20-15-10-7-11-16-20/h6-11,13-16H,2-5,12,17H2,1H3. The molecule has 2 rings (SSSR count). The third-order valence-corrected chi connectivity index (χ3v) is 4.38. The number of rotatable bonds is 8. The van der Waals surface area contributed by atoms with Crippen molar-refractivity contribution in [3.05, 3.63) is 71.8 Å². The number of hydrogen-bond donors (Lipinski definition) is 0. The zero-order valence-electron chi connectivity index (χ0n) is 13.5. The third kappa shape index (κ3) is 3.77. The molecule has 0 heterocycles. The van der Waals surface area contributed by atoms with Gasteiger partial charge in [-0.3, -0.25) is 0 Å². The maximum atomic E-state index is 10.0. The Morgan fingerprint density at radius 3 is 1.73 bits per heavy atom. The van der Waals surface area contributed by atoms with E-state index in [9.17, 15) is 5.26 Å². The van der Waals surface area contributed by atoms with E-state index in [-0.39, 0.29) is 0 Å². The fourth-order valence-electron chi connectivity index (χ4n) is 3.08. The maximum Gasteiger partial charge on any atom is 0.107 e. The van der Waals surface area contributed by atoms with Crippen LogP contribution in [0.4, 0.5) is 0 Å². The molecule has 0 atom stereocenters. The predicted octanol–water partition coefficient (Wildman–Crippen LogP) is 5.86. The van der Waals surface area contributed by atoms with Crippen molar-refractivity contribution in [2.75, 3.05) is 0 Å². The monoisotopic (exact) mass is 291 g/mol. The summed E-state index contributed by atoms with van der Waals surface area (Å²) < 4.78 is 0. The molecule has 0 aliphatic heterocycles. The summed E-state index contributed by atoms with van der Waals surface area (Å²) >= 11 is 0. The van der Waals surface area contributed by atoms with E-state index in [4.69, 9.17) is 0 Å². The molecule has 0 aliphatic carbocycles. The van der Waals surface area contributed by atoms with Gasteiger partial charge in [-0.2, -0.15) is 5.26 Å². The lowest BCUT2D eigenvalue weighted by Crippen LogP contribution is -2.25. The van der Waals surface area contributed by atoms with Gasteiger partial charge < -0.3 is 0 Å². The van der Waals surface area contributed by atoms with Gasteiger partial charge in [-0.15, -0.1) is 0 Å². The van der Waals surface area contributed by atoms with Crippen molar-refractivity contribution in [3.8, 4) is 6.07 Å². The number of unbranched alkanes of at least 4 members (excludes halogenated alkanes) is 4. The highest BCUT2D eigenvalue weighted by Crippen LogP contribution is 2.36. The van der Waals surface area contributed by atoms with Crippen molar-refractivity contribution in [2.45, 2.75) is 50.9 Å². The first kappa shape index (κ1) is 16.3. The highest BCUT2D eigenvalue weighted by Gasteiger charge is 2.33. The molecule has 0 bridgehead atoms. The second-order valence-electron chi connectivity index (χ2n) is 5.91. The van der Waals surface area contributed by atoms with E-state index < -0.39 is 5.41 Å². The molecule has 2 aromatic carbocycles. The van der Waals surface area contributed by atoms with Crippen LogP contribution in [0.25, 0.3) is 0 Å². The topological polar surface area (TPSA) is 23.8 Å². The first-order valence-electron chi connectivity index (χ1n) is 8.36. The smallest absolute Gasteiger partial charge is 0.107 e. The largest absolute Gasteiger partial charge is 0.197 e. The van der Waals surface area contributed by atoms with Crippen LogP contribution in [0.3, 0.4) is 0 Å². The molecule has 114 valence electrons. The zero-order valence-corrected chi connectivity index (χ0v) is 13.5. The van der Waals surface area contributed by atoms with E-state index >= 15 is 0 Å². The molecule has 0 unspecified atom stereocenters. The molecule has 0 aliphatic rings. The van der Waals surface area contributed by atoms with Crippen LogP contribution in [0, 0.1) is 11.3 Å². The van der Waals surface area contributed by atoms with Crippen LogP contribution < -0.4 is 0 Å². The molecule has 0 saturated carbocycles. The lowest BCUT2D eigenvalue weighted by atomic mass is 9.72. The van der Waals surface area contributed by atoms with Crippen molar-refractivity contribution in [1.82, 2.24) is 0 Å². The Morgan fingerprint density at radius 2 is 1.27 bits per heavy atom. The van der Waals surface area contributed by atoms with Crippen LogP contribution in [0.2, 0.25) is 0 Å². The van der Waals surface area contributed by atoms with Crippen LogP contribution in [0.1, 0.15) is 56.6 Å². The second kappa shape index (κ2) is 8.39. The van der Waals surface area contributed by atoms with Gasteiger partial charge in [0.05, 0.1) is 6.07 Å². The Hall–Kier alpha value is -2.07. The average molecular weight is 291 g/mol. The molecule has 1 nitrogen and oxygen atoms in total. The Bertz CT molecular complexity index is 541. The summed E-state index contributed by atoms with van der Waals surface area (Å²) in [6.45, 7) is 2.23. The quantitative estimate of drug-likeness (QED) is 0.559. The lowest BCUT2D eigenvalue weighted by Gasteiger charge is -2.28. The summed E-state index contributed by atoms with van der Waals surface area (Å²) in [6.07, 6.45) is 6.99. The summed E-state index contributed by atoms with van der Waals surface area (Å²) in [7, 11) is 0. The summed E-state index contributed by atoms with van der Waals surface area (Å²) in [4.78, 5) is 0. The Kier molecular flexibility index (Phi) is 6.22. The molecule has 0 saturated heterocycles. The van der Waals surface area contributed by atoms with Gasteiger partial charge in [0.1, 0.15) is 5.41 Å². The van der Waals surface area contributed by atoms with Gasteiger partial charge in [-0.1, -0.05) is 99.7 Å². The highest BCUT2D eigenvalue weighted by atomic mass is 14.4. The van der Waals surface area contributed by atoms with Crippen molar-refractivity contribution in [2.24, 2.45) is 0 Å². The van der Waals surface area contributed by atoms with Crippen molar-refractivity contribution in [3.63, 3.8) is 0 Å². The predicted molar refractivity (Wildman–Crippen MR) is 92.7 cm³/mol. The van der Waals surface area contributed by atoms with Gasteiger partial charge in [0, 0.05) is 0 Å². The van der Waals surface area contributed by atoms with Gasteiger partial charge in [0.25, 0.3) is 0 Å². The lowest BCUT2D eigenvalue weighted by molar-refractivity contribution is 0.522. The minimum Gasteiger partial charge on any atom is -0.197 e. The number of hydrogen-bond acceptors (Lipinski definition) is 1. The SMILES string of the molecule is CCCCCCCC(C#N)(c1ccccc1)c1ccccc1. The molecular formula is C21H25N. The van der Waals surface area contributed by atoms with Gasteiger partial charge in [-0.05, 0) is 17.5 Å². The minimum atomic E-state index is -0.519. The number of nitriles is 1. The van der Waals surface area contributed by atoms with Crippen molar-refractivity contribution in [1.29, 1.82) is 5.26 Å². The summed E-state index contributed by atoms with van der Waals surface area (Å²) in [5.41, 5.74) is 1.70. The molecule has 0 spiro atoms. The third-order valence-electron chi connectivity index (χ3n) is 4.38. The normalized spacial score (nSPS) is 11.1. The summed E-state index contributed by atoms with van der Waals surface area (Å²) in [5.74, 6) is 0. The van der Waals surface area contributed by atoms with Gasteiger partial charge in [0.2, 0.25) is 0 Å². The van der Waals surface area contributed by atoms with Crippen molar-refractivity contribution < 1.29 is 0 Å². The Labute approximate surface area is 134 Å². The first-order valence-corrected chi connectivity index (χ1v) is 8.36. The molecule has 0 fully saturated rings. The van der Waals surface area contributed by atoms with Crippen LogP contribution >= 0.6 is 0 Å². The van der Waals surface area contributed by atoms with E-state index in [0.717, 1.165) is 24.0 Å². The highest BCUT2D eigenvalue weighted by molar-refractivity contribution is 5.45. The molecule has 1 heteroatoms. The molecular weight excluding hydrogens is 266 g/mol. The van der Waals surface area contributed by atoms with Gasteiger partial charge >= 0.3 is 0 Å². The molecule has 0 amide bonds. The van der Waals surface area contributed by atoms with Gasteiger partial charge in [0.15, 0.2) is 0 Å². The first-order chi connectivity index (χ1) is 10.8.